The lowest BCUT2D eigenvalue weighted by atomic mass is 9.66. The number of rotatable bonds is 6. The lowest BCUT2D eigenvalue weighted by Crippen LogP contribution is -2.28. The molecule has 284 valence electrons. The van der Waals surface area contributed by atoms with E-state index in [1.165, 1.54) is 71.4 Å². The molecule has 1 heterocycles. The Kier molecular flexibility index (Phi) is 8.11. The van der Waals surface area contributed by atoms with Gasteiger partial charge in [-0.05, 0) is 82.9 Å². The van der Waals surface area contributed by atoms with E-state index in [0.29, 0.717) is 5.82 Å². The molecule has 2 heteroatoms. The van der Waals surface area contributed by atoms with E-state index in [1.54, 1.807) is 0 Å². The molecule has 0 atom stereocenters. The van der Waals surface area contributed by atoms with Crippen LogP contribution in [0.4, 0.5) is 0 Å². The quantitative estimate of drug-likeness (QED) is 0.168. The third-order valence-corrected chi connectivity index (χ3v) is 12.8. The largest absolute Gasteiger partial charge is 0.228 e. The number of benzene rings is 10. The van der Waals surface area contributed by atoms with E-state index in [2.05, 4.69) is 224 Å². The molecule has 11 aromatic rings. The molecule has 10 aromatic carbocycles. The summed E-state index contributed by atoms with van der Waals surface area (Å²) in [5.74, 6) is 0.706. The third kappa shape index (κ3) is 5.43. The summed E-state index contributed by atoms with van der Waals surface area (Å²) in [6, 6.07) is 83.6. The molecule has 1 aliphatic rings. The Morgan fingerprint density at radius 2 is 0.787 bits per heavy atom. The van der Waals surface area contributed by atoms with Crippen LogP contribution < -0.4 is 0 Å². The molecule has 1 aliphatic carbocycles. The number of aromatic nitrogens is 2. The van der Waals surface area contributed by atoms with Gasteiger partial charge in [-0.2, -0.15) is 0 Å². The molecule has 0 saturated carbocycles. The SMILES string of the molecule is c1ccc(-c2nc(-c3cccc4ccccc34)cc(-c3ccc(-c4cccc5c4-c4ccc6ccccc6c4C5(c4ccccc4)c4ccccc4)c4ccccc34)n2)cc1. The fraction of sp³-hybridized carbons (Fsp3) is 0.0169. The summed E-state index contributed by atoms with van der Waals surface area (Å²) >= 11 is 0. The van der Waals surface area contributed by atoms with Crippen molar-refractivity contribution in [2.45, 2.75) is 5.41 Å². The zero-order chi connectivity index (χ0) is 40.3. The molecular formula is C59H38N2. The van der Waals surface area contributed by atoms with Crippen molar-refractivity contribution in [3.63, 3.8) is 0 Å². The van der Waals surface area contributed by atoms with Gasteiger partial charge >= 0.3 is 0 Å². The van der Waals surface area contributed by atoms with Gasteiger partial charge in [0.05, 0.1) is 16.8 Å². The van der Waals surface area contributed by atoms with Crippen molar-refractivity contribution in [1.29, 1.82) is 0 Å². The van der Waals surface area contributed by atoms with Crippen LogP contribution in [0.5, 0.6) is 0 Å². The second-order valence-electron chi connectivity index (χ2n) is 16.0. The van der Waals surface area contributed by atoms with E-state index in [9.17, 15) is 0 Å². The van der Waals surface area contributed by atoms with E-state index in [0.717, 1.165) is 33.5 Å². The predicted octanol–water partition coefficient (Wildman–Crippen LogP) is 15.0. The number of nitrogens with zero attached hydrogens (tertiary/aromatic N) is 2. The first-order chi connectivity index (χ1) is 30.3. The van der Waals surface area contributed by atoms with Crippen molar-refractivity contribution in [3.8, 4) is 56.2 Å². The molecule has 0 saturated heterocycles. The van der Waals surface area contributed by atoms with Crippen molar-refractivity contribution in [3.05, 3.63) is 253 Å². The van der Waals surface area contributed by atoms with Gasteiger partial charge in [0, 0.05) is 16.7 Å². The molecule has 0 spiro atoms. The van der Waals surface area contributed by atoms with E-state index in [4.69, 9.17) is 9.97 Å². The van der Waals surface area contributed by atoms with Crippen molar-refractivity contribution in [2.24, 2.45) is 0 Å². The highest BCUT2D eigenvalue weighted by Crippen LogP contribution is 2.60. The molecule has 1 aromatic heterocycles. The van der Waals surface area contributed by atoms with Crippen LogP contribution >= 0.6 is 0 Å². The van der Waals surface area contributed by atoms with Crippen LogP contribution in [0.1, 0.15) is 22.3 Å². The minimum Gasteiger partial charge on any atom is -0.228 e. The average Bonchev–Trinajstić information content (AvgIpc) is 3.66. The summed E-state index contributed by atoms with van der Waals surface area (Å²) in [6.45, 7) is 0. The molecule has 0 unspecified atom stereocenters. The standard InChI is InChI=1S/C59H38N2/c1-4-20-41(21-5-1)58-60-54(49-31-16-22-39-18-10-12-27-44(39)49)38-55(61-58)50-37-36-48(46-29-14-15-30-47(46)50)51-32-17-33-53-56(51)52-35-34-40-19-11-13-28-45(40)57(52)59(53,42-23-6-2-7-24-42)43-25-8-3-9-26-43/h1-38H. The Balaban J connectivity index is 1.12. The van der Waals surface area contributed by atoms with Gasteiger partial charge in [-0.25, -0.2) is 9.97 Å². The number of hydrogen-bond acceptors (Lipinski definition) is 2. The molecule has 2 nitrogen and oxygen atoms in total. The van der Waals surface area contributed by atoms with Crippen LogP contribution in [0.3, 0.4) is 0 Å². The summed E-state index contributed by atoms with van der Waals surface area (Å²) in [7, 11) is 0. The van der Waals surface area contributed by atoms with Gasteiger partial charge in [-0.15, -0.1) is 0 Å². The summed E-state index contributed by atoms with van der Waals surface area (Å²) in [5.41, 5.74) is 14.5. The molecule has 0 aliphatic heterocycles. The maximum absolute atomic E-state index is 5.32. The van der Waals surface area contributed by atoms with E-state index in [1.807, 2.05) is 6.07 Å². The monoisotopic (exact) mass is 774 g/mol. The van der Waals surface area contributed by atoms with E-state index < -0.39 is 5.41 Å². The second-order valence-corrected chi connectivity index (χ2v) is 16.0. The molecule has 0 fully saturated rings. The second kappa shape index (κ2) is 14.1. The highest BCUT2D eigenvalue weighted by molar-refractivity contribution is 6.10. The summed E-state index contributed by atoms with van der Waals surface area (Å²) < 4.78 is 0. The highest BCUT2D eigenvalue weighted by Gasteiger charge is 2.48. The van der Waals surface area contributed by atoms with Gasteiger partial charge in [0.15, 0.2) is 5.82 Å². The van der Waals surface area contributed by atoms with Gasteiger partial charge in [0.25, 0.3) is 0 Å². The Hall–Kier alpha value is -7.94. The third-order valence-electron chi connectivity index (χ3n) is 12.8. The molecule has 12 rings (SSSR count). The number of hydrogen-bond donors (Lipinski definition) is 0. The van der Waals surface area contributed by atoms with Crippen LogP contribution in [0, 0.1) is 0 Å². The Morgan fingerprint density at radius 1 is 0.311 bits per heavy atom. The molecular weight excluding hydrogens is 737 g/mol. The van der Waals surface area contributed by atoms with E-state index in [-0.39, 0.29) is 0 Å². The summed E-state index contributed by atoms with van der Waals surface area (Å²) in [5, 5.41) is 7.19. The van der Waals surface area contributed by atoms with Gasteiger partial charge in [-0.3, -0.25) is 0 Å². The zero-order valence-electron chi connectivity index (χ0n) is 33.3. The van der Waals surface area contributed by atoms with Crippen molar-refractivity contribution < 1.29 is 0 Å². The highest BCUT2D eigenvalue weighted by atomic mass is 14.9. The van der Waals surface area contributed by atoms with Crippen LogP contribution in [0.2, 0.25) is 0 Å². The maximum atomic E-state index is 5.32. The first-order valence-corrected chi connectivity index (χ1v) is 21.0. The molecule has 0 N–H and O–H groups in total. The van der Waals surface area contributed by atoms with Gasteiger partial charge in [-0.1, -0.05) is 224 Å². The lowest BCUT2D eigenvalue weighted by molar-refractivity contribution is 0.775. The number of fused-ring (bicyclic) bond motifs is 7. The van der Waals surface area contributed by atoms with Gasteiger partial charge < -0.3 is 0 Å². The van der Waals surface area contributed by atoms with Gasteiger partial charge in [0.1, 0.15) is 0 Å². The first kappa shape index (κ1) is 35.0. The zero-order valence-corrected chi connectivity index (χ0v) is 33.3. The normalized spacial score (nSPS) is 12.7. The fourth-order valence-electron chi connectivity index (χ4n) is 10.2. The smallest absolute Gasteiger partial charge is 0.160 e. The molecule has 0 radical (unpaired) electrons. The van der Waals surface area contributed by atoms with E-state index >= 15 is 0 Å². The minimum atomic E-state index is -0.535. The Bertz CT molecular complexity index is 3420. The molecule has 0 bridgehead atoms. The fourth-order valence-corrected chi connectivity index (χ4v) is 10.2. The lowest BCUT2D eigenvalue weighted by Gasteiger charge is -2.34. The first-order valence-electron chi connectivity index (χ1n) is 21.0. The topological polar surface area (TPSA) is 25.8 Å². The Labute approximate surface area is 355 Å². The average molecular weight is 775 g/mol. The Morgan fingerprint density at radius 3 is 1.48 bits per heavy atom. The predicted molar refractivity (Wildman–Crippen MR) is 254 cm³/mol. The molecule has 0 amide bonds. The van der Waals surface area contributed by atoms with Crippen molar-refractivity contribution in [2.75, 3.05) is 0 Å². The van der Waals surface area contributed by atoms with Crippen LogP contribution in [0.15, 0.2) is 231 Å². The van der Waals surface area contributed by atoms with Gasteiger partial charge in [0.2, 0.25) is 0 Å². The van der Waals surface area contributed by atoms with Crippen LogP contribution in [-0.2, 0) is 5.41 Å². The van der Waals surface area contributed by atoms with Crippen molar-refractivity contribution in [1.82, 2.24) is 9.97 Å². The van der Waals surface area contributed by atoms with Crippen LogP contribution in [-0.4, -0.2) is 9.97 Å². The summed E-state index contributed by atoms with van der Waals surface area (Å²) in [6.07, 6.45) is 0. The van der Waals surface area contributed by atoms with Crippen molar-refractivity contribution >= 4 is 32.3 Å². The molecule has 61 heavy (non-hydrogen) atoms. The van der Waals surface area contributed by atoms with Crippen LogP contribution in [0.25, 0.3) is 88.5 Å². The maximum Gasteiger partial charge on any atom is 0.160 e. The summed E-state index contributed by atoms with van der Waals surface area (Å²) in [4.78, 5) is 10.6. The minimum absolute atomic E-state index is 0.535.